The summed E-state index contributed by atoms with van der Waals surface area (Å²) in [5, 5.41) is 18.1. The molecule has 2 N–H and O–H groups in total. The number of carboxylic acid groups (broad SMARTS) is 1. The van der Waals surface area contributed by atoms with Crippen LogP contribution in [-0.4, -0.2) is 65.4 Å². The third-order valence-corrected chi connectivity index (χ3v) is 3.38. The number of aromatic nitrogens is 1. The molecular formula is C13H19N3O3. The van der Waals surface area contributed by atoms with Crippen LogP contribution in [0.4, 0.5) is 5.69 Å². The molecule has 0 unspecified atom stereocenters. The Morgan fingerprint density at radius 2 is 2.05 bits per heavy atom. The largest absolute Gasteiger partial charge is 0.478 e. The number of hydrogen-bond acceptors (Lipinski definition) is 5. The van der Waals surface area contributed by atoms with E-state index in [4.69, 9.17) is 5.11 Å². The van der Waals surface area contributed by atoms with Gasteiger partial charge in [0.25, 0.3) is 0 Å². The van der Waals surface area contributed by atoms with Crippen molar-refractivity contribution in [2.24, 2.45) is 0 Å². The van der Waals surface area contributed by atoms with Gasteiger partial charge in [0.15, 0.2) is 0 Å². The SMILES string of the molecule is Cc1cc(N2CCN(CCO)CC2)c(C(=O)O)cn1. The molecule has 0 aromatic carbocycles. The smallest absolute Gasteiger partial charge is 0.339 e. The number of rotatable bonds is 4. The standard InChI is InChI=1S/C13H19N3O3/c1-10-8-12(11(9-14-10)13(18)19)16-4-2-15(3-5-16)6-7-17/h8-9,17H,2-7H2,1H3,(H,18,19). The number of aromatic carboxylic acids is 1. The molecule has 1 aliphatic rings. The summed E-state index contributed by atoms with van der Waals surface area (Å²) in [6.07, 6.45) is 1.42. The number of nitrogens with zero attached hydrogens (tertiary/aromatic N) is 3. The van der Waals surface area contributed by atoms with E-state index in [9.17, 15) is 9.90 Å². The highest BCUT2D eigenvalue weighted by atomic mass is 16.4. The summed E-state index contributed by atoms with van der Waals surface area (Å²) >= 11 is 0. The van der Waals surface area contributed by atoms with Crippen LogP contribution in [0.2, 0.25) is 0 Å². The summed E-state index contributed by atoms with van der Waals surface area (Å²) < 4.78 is 0. The Bertz CT molecular complexity index is 456. The van der Waals surface area contributed by atoms with Gasteiger partial charge in [-0.1, -0.05) is 0 Å². The summed E-state index contributed by atoms with van der Waals surface area (Å²) in [7, 11) is 0. The molecule has 2 rings (SSSR count). The zero-order valence-electron chi connectivity index (χ0n) is 11.0. The van der Waals surface area contributed by atoms with Crippen LogP contribution in [0.25, 0.3) is 0 Å². The maximum absolute atomic E-state index is 11.2. The van der Waals surface area contributed by atoms with Gasteiger partial charge in [-0.25, -0.2) is 4.79 Å². The maximum atomic E-state index is 11.2. The molecule has 1 saturated heterocycles. The average molecular weight is 265 g/mol. The van der Waals surface area contributed by atoms with Crippen molar-refractivity contribution in [3.05, 3.63) is 23.5 Å². The van der Waals surface area contributed by atoms with E-state index in [0.29, 0.717) is 6.54 Å². The van der Waals surface area contributed by atoms with Crippen molar-refractivity contribution in [2.75, 3.05) is 44.2 Å². The van der Waals surface area contributed by atoms with E-state index in [1.807, 2.05) is 13.0 Å². The molecule has 104 valence electrons. The molecule has 0 aliphatic carbocycles. The number of carbonyl (C=O) groups is 1. The Hall–Kier alpha value is -1.66. The first-order valence-electron chi connectivity index (χ1n) is 6.40. The van der Waals surface area contributed by atoms with Crippen LogP contribution >= 0.6 is 0 Å². The molecule has 0 amide bonds. The van der Waals surface area contributed by atoms with Gasteiger partial charge in [-0.3, -0.25) is 9.88 Å². The van der Waals surface area contributed by atoms with Crippen molar-refractivity contribution in [1.82, 2.24) is 9.88 Å². The van der Waals surface area contributed by atoms with Crippen LogP contribution in [0, 0.1) is 6.92 Å². The Morgan fingerprint density at radius 3 is 2.63 bits per heavy atom. The molecule has 0 bridgehead atoms. The first kappa shape index (κ1) is 13.8. The summed E-state index contributed by atoms with van der Waals surface area (Å²) in [5.41, 5.74) is 1.81. The van der Waals surface area contributed by atoms with Crippen LogP contribution in [0.1, 0.15) is 16.1 Å². The zero-order chi connectivity index (χ0) is 13.8. The molecule has 0 radical (unpaired) electrons. The van der Waals surface area contributed by atoms with Crippen LogP contribution in [-0.2, 0) is 0 Å². The van der Waals surface area contributed by atoms with Gasteiger partial charge in [0, 0.05) is 44.6 Å². The van der Waals surface area contributed by atoms with Crippen LogP contribution in [0.15, 0.2) is 12.3 Å². The molecular weight excluding hydrogens is 246 g/mol. The Labute approximate surface area is 112 Å². The van der Waals surface area contributed by atoms with Gasteiger partial charge in [-0.05, 0) is 13.0 Å². The van der Waals surface area contributed by atoms with Crippen LogP contribution < -0.4 is 4.90 Å². The lowest BCUT2D eigenvalue weighted by Gasteiger charge is -2.36. The number of β-amino-alcohol motifs (C(OH)–C–C–N with tert-alkyl or cyclic N) is 1. The van der Waals surface area contributed by atoms with E-state index >= 15 is 0 Å². The lowest BCUT2D eigenvalue weighted by atomic mass is 10.1. The Morgan fingerprint density at radius 1 is 1.37 bits per heavy atom. The predicted molar refractivity (Wildman–Crippen MR) is 71.7 cm³/mol. The van der Waals surface area contributed by atoms with Crippen LogP contribution in [0.3, 0.4) is 0 Å². The molecule has 0 spiro atoms. The van der Waals surface area contributed by atoms with Gasteiger partial charge in [-0.15, -0.1) is 0 Å². The number of piperazine rings is 1. The topological polar surface area (TPSA) is 76.9 Å². The van der Waals surface area contributed by atoms with E-state index in [-0.39, 0.29) is 12.2 Å². The van der Waals surface area contributed by atoms with Crippen molar-refractivity contribution in [3.8, 4) is 0 Å². The summed E-state index contributed by atoms with van der Waals surface area (Å²) in [6.45, 7) is 5.90. The minimum absolute atomic E-state index is 0.161. The highest BCUT2D eigenvalue weighted by Gasteiger charge is 2.21. The third kappa shape index (κ3) is 3.21. The molecule has 6 heteroatoms. The Balaban J connectivity index is 2.14. The summed E-state index contributed by atoms with van der Waals surface area (Å²) in [6, 6.07) is 1.82. The van der Waals surface area contributed by atoms with Crippen molar-refractivity contribution in [1.29, 1.82) is 0 Å². The van der Waals surface area contributed by atoms with Crippen molar-refractivity contribution >= 4 is 11.7 Å². The second-order valence-corrected chi connectivity index (χ2v) is 4.70. The fourth-order valence-corrected chi connectivity index (χ4v) is 2.33. The molecule has 1 aliphatic heterocycles. The van der Waals surface area contributed by atoms with Gasteiger partial charge in [0.1, 0.15) is 5.56 Å². The van der Waals surface area contributed by atoms with Crippen molar-refractivity contribution in [3.63, 3.8) is 0 Å². The van der Waals surface area contributed by atoms with E-state index in [2.05, 4.69) is 14.8 Å². The summed E-state index contributed by atoms with van der Waals surface area (Å²) in [5.74, 6) is -0.944. The number of carboxylic acids is 1. The van der Waals surface area contributed by atoms with E-state index in [0.717, 1.165) is 37.6 Å². The molecule has 0 saturated carbocycles. The molecule has 2 heterocycles. The fraction of sp³-hybridized carbons (Fsp3) is 0.538. The number of aryl methyl sites for hydroxylation is 1. The summed E-state index contributed by atoms with van der Waals surface area (Å²) in [4.78, 5) is 19.5. The van der Waals surface area contributed by atoms with Gasteiger partial charge >= 0.3 is 5.97 Å². The highest BCUT2D eigenvalue weighted by molar-refractivity contribution is 5.94. The lowest BCUT2D eigenvalue weighted by molar-refractivity contribution is 0.0697. The normalized spacial score (nSPS) is 16.6. The number of hydrogen-bond donors (Lipinski definition) is 2. The molecule has 1 aromatic rings. The maximum Gasteiger partial charge on any atom is 0.339 e. The molecule has 1 aromatic heterocycles. The van der Waals surface area contributed by atoms with Crippen LogP contribution in [0.5, 0.6) is 0 Å². The van der Waals surface area contributed by atoms with E-state index in [1.54, 1.807) is 0 Å². The highest BCUT2D eigenvalue weighted by Crippen LogP contribution is 2.22. The molecule has 1 fully saturated rings. The second kappa shape index (κ2) is 5.99. The first-order valence-corrected chi connectivity index (χ1v) is 6.40. The predicted octanol–water partition coefficient (Wildman–Crippen LogP) is 0.203. The molecule has 19 heavy (non-hydrogen) atoms. The number of anilines is 1. The van der Waals surface area contributed by atoms with E-state index in [1.165, 1.54) is 6.20 Å². The lowest BCUT2D eigenvalue weighted by Crippen LogP contribution is -2.47. The zero-order valence-corrected chi connectivity index (χ0v) is 11.0. The molecule has 6 nitrogen and oxygen atoms in total. The first-order chi connectivity index (χ1) is 9.11. The Kier molecular flexibility index (Phi) is 4.34. The number of aliphatic hydroxyl groups excluding tert-OH is 1. The minimum atomic E-state index is -0.944. The fourth-order valence-electron chi connectivity index (χ4n) is 2.33. The van der Waals surface area contributed by atoms with Gasteiger partial charge < -0.3 is 15.1 Å². The number of pyridine rings is 1. The monoisotopic (exact) mass is 265 g/mol. The van der Waals surface area contributed by atoms with Crippen molar-refractivity contribution in [2.45, 2.75) is 6.92 Å². The van der Waals surface area contributed by atoms with Gasteiger partial charge in [0.2, 0.25) is 0 Å². The molecule has 0 atom stereocenters. The van der Waals surface area contributed by atoms with Gasteiger partial charge in [-0.2, -0.15) is 0 Å². The quantitative estimate of drug-likeness (QED) is 0.810. The van der Waals surface area contributed by atoms with Crippen molar-refractivity contribution < 1.29 is 15.0 Å². The van der Waals surface area contributed by atoms with E-state index < -0.39 is 5.97 Å². The minimum Gasteiger partial charge on any atom is -0.478 e. The number of aliphatic hydroxyl groups is 1. The second-order valence-electron chi connectivity index (χ2n) is 4.70. The average Bonchev–Trinajstić information content (AvgIpc) is 2.39. The van der Waals surface area contributed by atoms with Gasteiger partial charge in [0.05, 0.1) is 12.3 Å². The third-order valence-electron chi connectivity index (χ3n) is 3.38.